The average molecular weight is 494 g/mol. The van der Waals surface area contributed by atoms with E-state index >= 15 is 0 Å². The number of nitrogens with zero attached hydrogens (tertiary/aromatic N) is 2. The standard InChI is InChI=1S/C31H31N3O3/c1-21(36)31-33-18-19-34(31)26(20-35)14-8-22-6-9-23(10-7-22)24-11-15-27(16-12-24)37-29-17-13-25-4-2-3-5-28(25)30(29)32/h2-7,9-12,15-16,18-19,21,26,29-30,35-36H,13,17,20,32H2,1H3/t21-,26-,29+,30+/m0/s1. The molecule has 1 aromatic heterocycles. The molecular weight excluding hydrogens is 462 g/mol. The third kappa shape index (κ3) is 5.45. The molecule has 0 radical (unpaired) electrons. The maximum atomic E-state index is 9.88. The maximum Gasteiger partial charge on any atom is 0.138 e. The largest absolute Gasteiger partial charge is 0.488 e. The van der Waals surface area contributed by atoms with Crippen LogP contribution in [0.3, 0.4) is 0 Å². The van der Waals surface area contributed by atoms with E-state index in [1.807, 2.05) is 42.5 Å². The van der Waals surface area contributed by atoms with Crippen molar-refractivity contribution in [3.63, 3.8) is 0 Å². The van der Waals surface area contributed by atoms with Crippen LogP contribution >= 0.6 is 0 Å². The normalized spacial score (nSPS) is 18.3. The zero-order valence-electron chi connectivity index (χ0n) is 20.8. The number of rotatable bonds is 6. The molecule has 0 saturated heterocycles. The van der Waals surface area contributed by atoms with Gasteiger partial charge in [0.25, 0.3) is 0 Å². The highest BCUT2D eigenvalue weighted by Gasteiger charge is 2.28. The molecule has 1 aliphatic carbocycles. The lowest BCUT2D eigenvalue weighted by Crippen LogP contribution is -2.35. The molecule has 188 valence electrons. The van der Waals surface area contributed by atoms with Gasteiger partial charge in [-0.2, -0.15) is 0 Å². The highest BCUT2D eigenvalue weighted by Crippen LogP contribution is 2.32. The third-order valence-electron chi connectivity index (χ3n) is 6.84. The number of imidazole rings is 1. The topological polar surface area (TPSA) is 93.5 Å². The second-order valence-corrected chi connectivity index (χ2v) is 9.36. The van der Waals surface area contributed by atoms with Gasteiger partial charge in [0.1, 0.15) is 29.8 Å². The van der Waals surface area contributed by atoms with Gasteiger partial charge in [-0.3, -0.25) is 0 Å². The highest BCUT2D eigenvalue weighted by atomic mass is 16.5. The molecule has 0 bridgehead atoms. The molecule has 0 aliphatic heterocycles. The predicted molar refractivity (Wildman–Crippen MR) is 144 cm³/mol. The van der Waals surface area contributed by atoms with Crippen molar-refractivity contribution < 1.29 is 14.9 Å². The summed E-state index contributed by atoms with van der Waals surface area (Å²) in [5.74, 6) is 7.50. The summed E-state index contributed by atoms with van der Waals surface area (Å²) in [6, 6.07) is 23.8. The van der Waals surface area contributed by atoms with Gasteiger partial charge in [0.2, 0.25) is 0 Å². The quantitative estimate of drug-likeness (QED) is 0.342. The van der Waals surface area contributed by atoms with E-state index in [-0.39, 0.29) is 18.8 Å². The monoisotopic (exact) mass is 493 g/mol. The smallest absolute Gasteiger partial charge is 0.138 e. The van der Waals surface area contributed by atoms with Gasteiger partial charge in [0.15, 0.2) is 0 Å². The minimum atomic E-state index is -0.738. The number of nitrogens with two attached hydrogens (primary N) is 1. The molecule has 6 heteroatoms. The van der Waals surface area contributed by atoms with Crippen LogP contribution in [0.1, 0.15) is 54.0 Å². The summed E-state index contributed by atoms with van der Waals surface area (Å²) < 4.78 is 7.97. The fourth-order valence-electron chi connectivity index (χ4n) is 4.83. The number of hydrogen-bond donors (Lipinski definition) is 3. The molecule has 0 saturated carbocycles. The van der Waals surface area contributed by atoms with Crippen LogP contribution in [0.4, 0.5) is 0 Å². The molecule has 5 rings (SSSR count). The Labute approximate surface area is 217 Å². The Hall–Kier alpha value is -3.89. The van der Waals surface area contributed by atoms with Crippen LogP contribution < -0.4 is 10.5 Å². The van der Waals surface area contributed by atoms with Crippen LogP contribution in [0.25, 0.3) is 11.1 Å². The number of aliphatic hydroxyl groups is 2. The lowest BCUT2D eigenvalue weighted by molar-refractivity contribution is 0.153. The van der Waals surface area contributed by atoms with E-state index in [2.05, 4.69) is 47.2 Å². The maximum absolute atomic E-state index is 9.88. The van der Waals surface area contributed by atoms with E-state index in [0.29, 0.717) is 5.82 Å². The van der Waals surface area contributed by atoms with Gasteiger partial charge < -0.3 is 25.3 Å². The molecule has 0 amide bonds. The van der Waals surface area contributed by atoms with Crippen LogP contribution in [0.5, 0.6) is 5.75 Å². The zero-order chi connectivity index (χ0) is 25.8. The molecule has 0 fully saturated rings. The minimum Gasteiger partial charge on any atom is -0.488 e. The number of aliphatic hydroxyl groups excluding tert-OH is 2. The minimum absolute atomic E-state index is 0.0413. The van der Waals surface area contributed by atoms with E-state index in [4.69, 9.17) is 10.5 Å². The van der Waals surface area contributed by atoms with Gasteiger partial charge in [-0.05, 0) is 66.3 Å². The fraction of sp³-hybridized carbons (Fsp3) is 0.258. The van der Waals surface area contributed by atoms with Crippen LogP contribution in [0.15, 0.2) is 85.2 Å². The Bertz CT molecular complexity index is 1400. The van der Waals surface area contributed by atoms with Crippen LogP contribution in [-0.2, 0) is 6.42 Å². The summed E-state index contributed by atoms with van der Waals surface area (Å²) in [4.78, 5) is 4.16. The van der Waals surface area contributed by atoms with Gasteiger partial charge in [-0.1, -0.05) is 60.4 Å². The lowest BCUT2D eigenvalue weighted by atomic mass is 9.86. The van der Waals surface area contributed by atoms with Gasteiger partial charge >= 0.3 is 0 Å². The number of hydrogen-bond acceptors (Lipinski definition) is 5. The van der Waals surface area contributed by atoms with Crippen LogP contribution in [-0.4, -0.2) is 32.5 Å². The van der Waals surface area contributed by atoms with E-state index in [0.717, 1.165) is 35.3 Å². The van der Waals surface area contributed by atoms with Crippen molar-refractivity contribution in [3.05, 3.63) is 108 Å². The second kappa shape index (κ2) is 11.0. The molecular formula is C31H31N3O3. The number of fused-ring (bicyclic) bond motifs is 1. The molecule has 6 nitrogen and oxygen atoms in total. The highest BCUT2D eigenvalue weighted by molar-refractivity contribution is 5.65. The Morgan fingerprint density at radius 1 is 1.05 bits per heavy atom. The van der Waals surface area contributed by atoms with E-state index < -0.39 is 12.1 Å². The second-order valence-electron chi connectivity index (χ2n) is 9.36. The molecule has 4 atom stereocenters. The Balaban J connectivity index is 1.24. The van der Waals surface area contributed by atoms with Gasteiger partial charge in [-0.25, -0.2) is 4.98 Å². The summed E-state index contributed by atoms with van der Waals surface area (Å²) in [6.07, 6.45) is 4.42. The number of aryl methyl sites for hydroxylation is 1. The van der Waals surface area contributed by atoms with Gasteiger partial charge in [0, 0.05) is 18.0 Å². The van der Waals surface area contributed by atoms with Crippen molar-refractivity contribution in [2.75, 3.05) is 6.61 Å². The Kier molecular flexibility index (Phi) is 7.38. The first-order valence-electron chi connectivity index (χ1n) is 12.6. The van der Waals surface area contributed by atoms with Crippen molar-refractivity contribution in [1.29, 1.82) is 0 Å². The number of ether oxygens (including phenoxy) is 1. The summed E-state index contributed by atoms with van der Waals surface area (Å²) in [5.41, 5.74) is 12.0. The average Bonchev–Trinajstić information content (AvgIpc) is 3.42. The molecule has 1 aliphatic rings. The summed E-state index contributed by atoms with van der Waals surface area (Å²) in [7, 11) is 0. The van der Waals surface area contributed by atoms with Crippen LogP contribution in [0, 0.1) is 11.8 Å². The Morgan fingerprint density at radius 2 is 1.76 bits per heavy atom. The van der Waals surface area contributed by atoms with Gasteiger partial charge in [0.05, 0.1) is 12.6 Å². The Morgan fingerprint density at radius 3 is 2.46 bits per heavy atom. The molecule has 1 heterocycles. The van der Waals surface area contributed by atoms with E-state index in [1.165, 1.54) is 11.1 Å². The summed E-state index contributed by atoms with van der Waals surface area (Å²) in [6.45, 7) is 1.47. The molecule has 37 heavy (non-hydrogen) atoms. The predicted octanol–water partition coefficient (Wildman–Crippen LogP) is 4.58. The van der Waals surface area contributed by atoms with Crippen molar-refractivity contribution in [2.45, 2.75) is 44.1 Å². The molecule has 0 unspecified atom stereocenters. The van der Waals surface area contributed by atoms with Crippen LogP contribution in [0.2, 0.25) is 0 Å². The van der Waals surface area contributed by atoms with Crippen molar-refractivity contribution in [3.8, 4) is 28.7 Å². The van der Waals surface area contributed by atoms with E-state index in [1.54, 1.807) is 23.9 Å². The SMILES string of the molecule is C[C@H](O)c1nccn1[C@@H](C#Cc1ccc(-c2ccc(O[C@@H]3CCc4ccccc4[C@H]3N)cc2)cc1)CO. The zero-order valence-corrected chi connectivity index (χ0v) is 20.8. The van der Waals surface area contributed by atoms with Gasteiger partial charge in [-0.15, -0.1) is 0 Å². The van der Waals surface area contributed by atoms with Crippen molar-refractivity contribution >= 4 is 0 Å². The summed E-state index contributed by atoms with van der Waals surface area (Å²) in [5, 5.41) is 19.7. The molecule has 3 aromatic carbocycles. The van der Waals surface area contributed by atoms with E-state index in [9.17, 15) is 10.2 Å². The first-order valence-corrected chi connectivity index (χ1v) is 12.6. The number of aromatic nitrogens is 2. The van der Waals surface area contributed by atoms with Crippen molar-refractivity contribution in [2.24, 2.45) is 5.73 Å². The molecule has 4 N–H and O–H groups in total. The lowest BCUT2D eigenvalue weighted by Gasteiger charge is -2.31. The first kappa shape index (κ1) is 24.8. The molecule has 4 aromatic rings. The van der Waals surface area contributed by atoms with Crippen molar-refractivity contribution in [1.82, 2.24) is 9.55 Å². The fourth-order valence-corrected chi connectivity index (χ4v) is 4.83. The molecule has 0 spiro atoms. The third-order valence-corrected chi connectivity index (χ3v) is 6.84. The number of benzene rings is 3. The summed E-state index contributed by atoms with van der Waals surface area (Å²) >= 11 is 0. The first-order chi connectivity index (χ1) is 18.0.